The van der Waals surface area contributed by atoms with Crippen molar-refractivity contribution in [3.8, 4) is 0 Å². The molecule has 4 heteroatoms. The van der Waals surface area contributed by atoms with Gasteiger partial charge in [0.1, 0.15) is 5.54 Å². The van der Waals surface area contributed by atoms with Crippen molar-refractivity contribution in [2.45, 2.75) is 76.9 Å². The Bertz CT molecular complexity index is 288. The lowest BCUT2D eigenvalue weighted by Crippen LogP contribution is -2.58. The van der Waals surface area contributed by atoms with Crippen LogP contribution in [0.2, 0.25) is 0 Å². The molecule has 1 aliphatic rings. The van der Waals surface area contributed by atoms with E-state index in [1.165, 1.54) is 0 Å². The number of carboxylic acid groups (broad SMARTS) is 1. The normalized spacial score (nSPS) is 28.0. The van der Waals surface area contributed by atoms with E-state index in [4.69, 9.17) is 0 Å². The third kappa shape index (κ3) is 3.69. The Hall–Kier alpha value is -0.610. The van der Waals surface area contributed by atoms with Crippen molar-refractivity contribution in [2.24, 2.45) is 0 Å². The van der Waals surface area contributed by atoms with Crippen molar-refractivity contribution < 1.29 is 9.90 Å². The number of nitrogens with one attached hydrogen (secondary N) is 1. The molecular formula is C15H30N2O2. The molecule has 0 aliphatic heterocycles. The van der Waals surface area contributed by atoms with Gasteiger partial charge in [0.2, 0.25) is 0 Å². The fraction of sp³-hybridized carbons (Fsp3) is 0.933. The standard InChI is InChI=1S/C15H30N2O2/c1-5-12(6-2)17(4)13-9-8-10-15(11-13,14(18)19)16-7-3/h12-13,16H,5-11H2,1-4H3,(H,18,19). The van der Waals surface area contributed by atoms with Gasteiger partial charge in [-0.05, 0) is 52.1 Å². The van der Waals surface area contributed by atoms with Crippen molar-refractivity contribution in [1.29, 1.82) is 0 Å². The summed E-state index contributed by atoms with van der Waals surface area (Å²) in [6.45, 7) is 7.12. The van der Waals surface area contributed by atoms with Gasteiger partial charge in [-0.2, -0.15) is 0 Å². The van der Waals surface area contributed by atoms with E-state index in [1.807, 2.05) is 6.92 Å². The quantitative estimate of drug-likeness (QED) is 0.746. The molecule has 0 aromatic rings. The molecule has 1 rings (SSSR count). The molecule has 1 fully saturated rings. The van der Waals surface area contributed by atoms with E-state index in [2.05, 4.69) is 31.1 Å². The van der Waals surface area contributed by atoms with Crippen LogP contribution in [0, 0.1) is 0 Å². The zero-order valence-electron chi connectivity index (χ0n) is 12.9. The van der Waals surface area contributed by atoms with Gasteiger partial charge in [0.25, 0.3) is 0 Å². The largest absolute Gasteiger partial charge is 0.480 e. The van der Waals surface area contributed by atoms with Crippen LogP contribution in [0.25, 0.3) is 0 Å². The monoisotopic (exact) mass is 270 g/mol. The van der Waals surface area contributed by atoms with Gasteiger partial charge in [0, 0.05) is 12.1 Å². The molecule has 19 heavy (non-hydrogen) atoms. The van der Waals surface area contributed by atoms with Gasteiger partial charge in [-0.15, -0.1) is 0 Å². The Morgan fingerprint density at radius 3 is 2.53 bits per heavy atom. The summed E-state index contributed by atoms with van der Waals surface area (Å²) in [6.07, 6.45) is 5.85. The minimum Gasteiger partial charge on any atom is -0.480 e. The number of aliphatic carboxylic acids is 1. The fourth-order valence-corrected chi connectivity index (χ4v) is 3.53. The van der Waals surface area contributed by atoms with Crippen LogP contribution in [0.5, 0.6) is 0 Å². The maximum absolute atomic E-state index is 11.7. The molecule has 0 saturated heterocycles. The SMILES string of the molecule is CCNC1(C(=O)O)CCCC(N(C)C(CC)CC)C1. The summed E-state index contributed by atoms with van der Waals surface area (Å²) in [5.41, 5.74) is -0.710. The molecule has 2 atom stereocenters. The first-order valence-electron chi connectivity index (χ1n) is 7.71. The number of likely N-dealkylation sites (N-methyl/N-ethyl adjacent to an activating group) is 1. The number of hydrogen-bond donors (Lipinski definition) is 2. The lowest BCUT2D eigenvalue weighted by atomic mass is 9.78. The van der Waals surface area contributed by atoms with Crippen LogP contribution >= 0.6 is 0 Å². The minimum atomic E-state index is -0.710. The average Bonchev–Trinajstić information content (AvgIpc) is 2.40. The summed E-state index contributed by atoms with van der Waals surface area (Å²) in [5, 5.41) is 12.8. The van der Waals surface area contributed by atoms with E-state index in [9.17, 15) is 9.90 Å². The van der Waals surface area contributed by atoms with Crippen molar-refractivity contribution >= 4 is 5.97 Å². The molecule has 0 radical (unpaired) electrons. The van der Waals surface area contributed by atoms with Gasteiger partial charge in [0.15, 0.2) is 0 Å². The summed E-state index contributed by atoms with van der Waals surface area (Å²) in [5.74, 6) is -0.683. The van der Waals surface area contributed by atoms with E-state index in [-0.39, 0.29) is 0 Å². The van der Waals surface area contributed by atoms with E-state index >= 15 is 0 Å². The highest BCUT2D eigenvalue weighted by atomic mass is 16.4. The first-order chi connectivity index (χ1) is 9.00. The summed E-state index contributed by atoms with van der Waals surface area (Å²) < 4.78 is 0. The Morgan fingerprint density at radius 2 is 2.05 bits per heavy atom. The molecule has 0 amide bonds. The average molecular weight is 270 g/mol. The molecule has 0 spiro atoms. The third-order valence-corrected chi connectivity index (χ3v) is 4.74. The summed E-state index contributed by atoms with van der Waals surface area (Å²) in [7, 11) is 2.16. The van der Waals surface area contributed by atoms with E-state index in [0.717, 1.165) is 38.5 Å². The van der Waals surface area contributed by atoms with Crippen LogP contribution in [-0.4, -0.2) is 47.2 Å². The van der Waals surface area contributed by atoms with E-state index in [1.54, 1.807) is 0 Å². The van der Waals surface area contributed by atoms with Gasteiger partial charge >= 0.3 is 5.97 Å². The maximum atomic E-state index is 11.7. The van der Waals surface area contributed by atoms with Crippen LogP contribution in [0.1, 0.15) is 59.3 Å². The number of rotatable bonds is 7. The van der Waals surface area contributed by atoms with Gasteiger partial charge in [-0.25, -0.2) is 0 Å². The summed E-state index contributed by atoms with van der Waals surface area (Å²) in [4.78, 5) is 14.1. The first-order valence-corrected chi connectivity index (χ1v) is 7.71. The Morgan fingerprint density at radius 1 is 1.42 bits per heavy atom. The van der Waals surface area contributed by atoms with Gasteiger partial charge in [-0.1, -0.05) is 20.8 Å². The van der Waals surface area contributed by atoms with Crippen LogP contribution in [0.15, 0.2) is 0 Å². The van der Waals surface area contributed by atoms with Crippen molar-refractivity contribution in [1.82, 2.24) is 10.2 Å². The second-order valence-corrected chi connectivity index (χ2v) is 5.80. The fourth-order valence-electron chi connectivity index (χ4n) is 3.53. The number of hydrogen-bond acceptors (Lipinski definition) is 3. The lowest BCUT2D eigenvalue weighted by Gasteiger charge is -2.44. The molecule has 4 nitrogen and oxygen atoms in total. The highest BCUT2D eigenvalue weighted by Crippen LogP contribution is 2.32. The highest BCUT2D eigenvalue weighted by molar-refractivity contribution is 5.79. The topological polar surface area (TPSA) is 52.6 Å². The van der Waals surface area contributed by atoms with E-state index in [0.29, 0.717) is 18.6 Å². The first kappa shape index (κ1) is 16.4. The number of carboxylic acids is 1. The minimum absolute atomic E-state index is 0.383. The third-order valence-electron chi connectivity index (χ3n) is 4.74. The van der Waals surface area contributed by atoms with Gasteiger partial charge in [0.05, 0.1) is 0 Å². The van der Waals surface area contributed by atoms with Crippen LogP contribution in [-0.2, 0) is 4.79 Å². The van der Waals surface area contributed by atoms with Crippen molar-refractivity contribution in [3.05, 3.63) is 0 Å². The Balaban J connectivity index is 2.79. The van der Waals surface area contributed by atoms with Crippen LogP contribution in [0.3, 0.4) is 0 Å². The van der Waals surface area contributed by atoms with Gasteiger partial charge < -0.3 is 15.3 Å². The number of carbonyl (C=O) groups is 1. The molecule has 2 unspecified atom stereocenters. The van der Waals surface area contributed by atoms with E-state index < -0.39 is 11.5 Å². The Labute approximate surface area is 117 Å². The lowest BCUT2D eigenvalue weighted by molar-refractivity contribution is -0.147. The summed E-state index contributed by atoms with van der Waals surface area (Å²) >= 11 is 0. The smallest absolute Gasteiger partial charge is 0.323 e. The highest BCUT2D eigenvalue weighted by Gasteiger charge is 2.43. The molecule has 0 heterocycles. The van der Waals surface area contributed by atoms with Crippen molar-refractivity contribution in [3.63, 3.8) is 0 Å². The maximum Gasteiger partial charge on any atom is 0.323 e. The molecule has 1 aliphatic carbocycles. The molecule has 1 saturated carbocycles. The molecule has 0 aromatic carbocycles. The zero-order chi connectivity index (χ0) is 14.5. The second kappa shape index (κ2) is 7.25. The predicted molar refractivity (Wildman–Crippen MR) is 78.4 cm³/mol. The van der Waals surface area contributed by atoms with Crippen LogP contribution < -0.4 is 5.32 Å². The van der Waals surface area contributed by atoms with Gasteiger partial charge in [-0.3, -0.25) is 4.79 Å². The second-order valence-electron chi connectivity index (χ2n) is 5.80. The molecular weight excluding hydrogens is 240 g/mol. The molecule has 0 aromatic heterocycles. The molecule has 2 N–H and O–H groups in total. The molecule has 0 bridgehead atoms. The summed E-state index contributed by atoms with van der Waals surface area (Å²) in [6, 6.07) is 0.949. The van der Waals surface area contributed by atoms with Crippen LogP contribution in [0.4, 0.5) is 0 Å². The predicted octanol–water partition coefficient (Wildman–Crippen LogP) is 2.48. The zero-order valence-corrected chi connectivity index (χ0v) is 12.9. The Kier molecular flexibility index (Phi) is 6.27. The number of nitrogens with zero attached hydrogens (tertiary/aromatic N) is 1. The van der Waals surface area contributed by atoms with Crippen molar-refractivity contribution in [2.75, 3.05) is 13.6 Å². The molecule has 112 valence electrons.